The van der Waals surface area contributed by atoms with Gasteiger partial charge in [-0.05, 0) is 49.2 Å². The van der Waals surface area contributed by atoms with Gasteiger partial charge in [-0.25, -0.2) is 0 Å². The summed E-state index contributed by atoms with van der Waals surface area (Å²) in [6.07, 6.45) is 0. The van der Waals surface area contributed by atoms with Crippen LogP contribution >= 0.6 is 15.9 Å². The number of hydrogen-bond acceptors (Lipinski definition) is 2. The Hall–Kier alpha value is -3.21. The summed E-state index contributed by atoms with van der Waals surface area (Å²) in [7, 11) is 0. The maximum atomic E-state index is 11.8. The lowest BCUT2D eigenvalue weighted by molar-refractivity contribution is 0.0951. The first kappa shape index (κ1) is 26.0. The molecule has 0 saturated carbocycles. The zero-order valence-corrected chi connectivity index (χ0v) is 20.8. The number of carbonyl (C=O) groups excluding carboxylic acids is 1. The second-order valence-corrected chi connectivity index (χ2v) is 8.44. The zero-order valence-electron chi connectivity index (χ0n) is 19.2. The molecule has 4 aromatic rings. The number of carbonyl (C=O) groups is 1. The van der Waals surface area contributed by atoms with E-state index in [0.717, 1.165) is 15.6 Å². The van der Waals surface area contributed by atoms with Crippen molar-refractivity contribution in [3.05, 3.63) is 141 Å². The van der Waals surface area contributed by atoms with Crippen LogP contribution in [0.25, 0.3) is 0 Å². The Morgan fingerprint density at radius 1 is 0.697 bits per heavy atom. The summed E-state index contributed by atoms with van der Waals surface area (Å²) in [4.78, 5) is 11.8. The van der Waals surface area contributed by atoms with Gasteiger partial charge in [-0.1, -0.05) is 112 Å². The summed E-state index contributed by atoms with van der Waals surface area (Å²) in [5, 5.41) is 2.90. The van der Waals surface area contributed by atoms with Gasteiger partial charge < -0.3 is 11.1 Å². The first-order valence-corrected chi connectivity index (χ1v) is 11.6. The van der Waals surface area contributed by atoms with Gasteiger partial charge in [-0.2, -0.15) is 0 Å². The molecular weight excluding hydrogens is 472 g/mol. The highest BCUT2D eigenvalue weighted by Crippen LogP contribution is 2.08. The van der Waals surface area contributed by atoms with E-state index in [1.807, 2.05) is 104 Å². The van der Waals surface area contributed by atoms with E-state index in [1.165, 1.54) is 11.1 Å². The number of rotatable bonds is 4. The third-order valence-corrected chi connectivity index (χ3v) is 5.23. The number of halogens is 1. The molecule has 0 aliphatic rings. The van der Waals surface area contributed by atoms with Crippen molar-refractivity contribution in [2.24, 2.45) is 5.73 Å². The largest absolute Gasteiger partial charge is 0.348 e. The van der Waals surface area contributed by atoms with E-state index < -0.39 is 0 Å². The smallest absolute Gasteiger partial charge is 0.251 e. The van der Waals surface area contributed by atoms with Gasteiger partial charge in [0.1, 0.15) is 0 Å². The van der Waals surface area contributed by atoms with Crippen LogP contribution in [-0.2, 0) is 13.1 Å². The minimum Gasteiger partial charge on any atom is -0.348 e. The van der Waals surface area contributed by atoms with E-state index in [2.05, 4.69) is 40.3 Å². The summed E-state index contributed by atoms with van der Waals surface area (Å²) < 4.78 is 1.14. The fourth-order valence-corrected chi connectivity index (χ4v) is 3.00. The van der Waals surface area contributed by atoms with Crippen molar-refractivity contribution in [3.63, 3.8) is 0 Å². The predicted octanol–water partition coefficient (Wildman–Crippen LogP) is 6.83. The van der Waals surface area contributed by atoms with E-state index in [4.69, 9.17) is 5.73 Å². The van der Waals surface area contributed by atoms with E-state index in [1.54, 1.807) is 0 Å². The average Bonchev–Trinajstić information content (AvgIpc) is 2.87. The summed E-state index contributed by atoms with van der Waals surface area (Å²) in [6, 6.07) is 35.7. The minimum atomic E-state index is -0.0335. The molecule has 0 fully saturated rings. The van der Waals surface area contributed by atoms with E-state index >= 15 is 0 Å². The number of nitrogens with two attached hydrogens (primary N) is 1. The van der Waals surface area contributed by atoms with Crippen LogP contribution < -0.4 is 11.1 Å². The van der Waals surface area contributed by atoms with Crippen LogP contribution in [0.3, 0.4) is 0 Å². The van der Waals surface area contributed by atoms with Gasteiger partial charge >= 0.3 is 0 Å². The second kappa shape index (κ2) is 14.8. The molecule has 0 saturated heterocycles. The second-order valence-electron chi connectivity index (χ2n) is 7.52. The maximum Gasteiger partial charge on any atom is 0.251 e. The fraction of sp³-hybridized carbons (Fsp3) is 0.138. The quantitative estimate of drug-likeness (QED) is 0.321. The predicted molar refractivity (Wildman–Crippen MR) is 142 cm³/mol. The SMILES string of the molecule is Cc1ccc(Br)cc1.Cc1ccc(C(=O)NCc2ccccc2)cc1.NCc1ccccc1. The van der Waals surface area contributed by atoms with Crippen molar-refractivity contribution in [1.82, 2.24) is 5.32 Å². The van der Waals surface area contributed by atoms with Crippen LogP contribution in [0.2, 0.25) is 0 Å². The minimum absolute atomic E-state index is 0.0335. The number of nitrogens with one attached hydrogen (secondary N) is 1. The molecule has 0 spiro atoms. The molecule has 170 valence electrons. The lowest BCUT2D eigenvalue weighted by Crippen LogP contribution is -2.22. The van der Waals surface area contributed by atoms with Crippen molar-refractivity contribution in [2.75, 3.05) is 0 Å². The number of hydrogen-bond donors (Lipinski definition) is 2. The molecule has 0 aromatic heterocycles. The molecule has 0 aliphatic carbocycles. The highest BCUT2D eigenvalue weighted by atomic mass is 79.9. The molecule has 0 heterocycles. The van der Waals surface area contributed by atoms with Crippen LogP contribution in [0.1, 0.15) is 32.6 Å². The third kappa shape index (κ3) is 10.8. The lowest BCUT2D eigenvalue weighted by atomic mass is 10.1. The number of benzene rings is 4. The monoisotopic (exact) mass is 502 g/mol. The zero-order chi connectivity index (χ0) is 23.9. The van der Waals surface area contributed by atoms with Crippen LogP contribution in [-0.4, -0.2) is 5.91 Å². The van der Waals surface area contributed by atoms with Crippen LogP contribution in [0.4, 0.5) is 0 Å². The van der Waals surface area contributed by atoms with Crippen molar-refractivity contribution < 1.29 is 4.79 Å². The molecule has 3 nitrogen and oxygen atoms in total. The Kier molecular flexibility index (Phi) is 11.7. The molecule has 1 amide bonds. The molecule has 0 bridgehead atoms. The van der Waals surface area contributed by atoms with Gasteiger partial charge in [0.2, 0.25) is 0 Å². The molecule has 4 rings (SSSR count). The Morgan fingerprint density at radius 3 is 1.58 bits per heavy atom. The highest BCUT2D eigenvalue weighted by molar-refractivity contribution is 9.10. The van der Waals surface area contributed by atoms with Crippen molar-refractivity contribution in [1.29, 1.82) is 0 Å². The summed E-state index contributed by atoms with van der Waals surface area (Å²) in [6.45, 7) is 5.28. The normalized spacial score (nSPS) is 9.58. The van der Waals surface area contributed by atoms with E-state index in [9.17, 15) is 4.79 Å². The summed E-state index contributed by atoms with van der Waals surface area (Å²) in [5.41, 5.74) is 10.8. The Balaban J connectivity index is 0.000000200. The van der Waals surface area contributed by atoms with E-state index in [-0.39, 0.29) is 5.91 Å². The molecule has 0 atom stereocenters. The van der Waals surface area contributed by atoms with Crippen molar-refractivity contribution in [2.45, 2.75) is 26.9 Å². The Labute approximate surface area is 205 Å². The van der Waals surface area contributed by atoms with Crippen molar-refractivity contribution >= 4 is 21.8 Å². The molecular formula is C29H31BrN2O. The average molecular weight is 503 g/mol. The molecule has 33 heavy (non-hydrogen) atoms. The Morgan fingerprint density at radius 2 is 1.15 bits per heavy atom. The maximum absolute atomic E-state index is 11.8. The number of aryl methyl sites for hydroxylation is 2. The van der Waals surface area contributed by atoms with Crippen molar-refractivity contribution in [3.8, 4) is 0 Å². The first-order chi connectivity index (χ1) is 16.0. The van der Waals surface area contributed by atoms with Crippen LogP contribution in [0, 0.1) is 13.8 Å². The van der Waals surface area contributed by atoms with E-state index in [0.29, 0.717) is 18.7 Å². The topological polar surface area (TPSA) is 55.1 Å². The molecule has 0 aliphatic heterocycles. The molecule has 3 N–H and O–H groups in total. The Bertz CT molecular complexity index is 1040. The summed E-state index contributed by atoms with van der Waals surface area (Å²) >= 11 is 3.35. The van der Waals surface area contributed by atoms with Gasteiger partial charge in [0.05, 0.1) is 0 Å². The van der Waals surface area contributed by atoms with Crippen LogP contribution in [0.15, 0.2) is 114 Å². The first-order valence-electron chi connectivity index (χ1n) is 10.8. The standard InChI is InChI=1S/C15H15NO.C7H7Br.C7H9N/c1-12-7-9-14(10-8-12)15(17)16-11-13-5-3-2-4-6-13;1-6-2-4-7(8)5-3-6;8-6-7-4-2-1-3-5-7/h2-10H,11H2,1H3,(H,16,17);2-5H,1H3;1-5H,6,8H2. The third-order valence-electron chi connectivity index (χ3n) is 4.70. The highest BCUT2D eigenvalue weighted by Gasteiger charge is 2.03. The van der Waals surface area contributed by atoms with Gasteiger partial charge in [-0.15, -0.1) is 0 Å². The van der Waals surface area contributed by atoms with Gasteiger partial charge in [0.15, 0.2) is 0 Å². The fourth-order valence-electron chi connectivity index (χ4n) is 2.73. The molecule has 0 radical (unpaired) electrons. The lowest BCUT2D eigenvalue weighted by Gasteiger charge is -2.05. The molecule has 4 heteroatoms. The molecule has 0 unspecified atom stereocenters. The van der Waals surface area contributed by atoms with Gasteiger partial charge in [-0.3, -0.25) is 4.79 Å². The van der Waals surface area contributed by atoms with Gasteiger partial charge in [0.25, 0.3) is 5.91 Å². The van der Waals surface area contributed by atoms with Crippen LogP contribution in [0.5, 0.6) is 0 Å². The summed E-state index contributed by atoms with van der Waals surface area (Å²) in [5.74, 6) is -0.0335. The molecule has 4 aromatic carbocycles. The number of amides is 1. The van der Waals surface area contributed by atoms with Gasteiger partial charge in [0, 0.05) is 23.1 Å².